The first kappa shape index (κ1) is 21.7. The fraction of sp³-hybridized carbons (Fsp3) is 0.375. The second-order valence-corrected chi connectivity index (χ2v) is 8.01. The minimum Gasteiger partial charge on any atom is -0.491 e. The topological polar surface area (TPSA) is 90.8 Å². The van der Waals surface area contributed by atoms with Crippen molar-refractivity contribution in [3.05, 3.63) is 64.4 Å². The van der Waals surface area contributed by atoms with E-state index >= 15 is 0 Å². The molecule has 0 bridgehead atoms. The van der Waals surface area contributed by atoms with Gasteiger partial charge in [0.15, 0.2) is 5.58 Å². The molecule has 1 N–H and O–H groups in total. The van der Waals surface area contributed by atoms with Crippen LogP contribution in [0.4, 0.5) is 0 Å². The van der Waals surface area contributed by atoms with Crippen LogP contribution in [0.25, 0.3) is 16.6 Å². The standard InChI is InChI=1S/C24H28N4O4/c1-5-18(23(29)25-14-16-7-9-17(10-8-16)32-15(3)4)28-24(30)20-13-21-19(11-12-31-21)27(20)22(6-2)26-28/h7-13,15,18H,5-6,14H2,1-4H3,(H,25,29). The lowest BCUT2D eigenvalue weighted by Crippen LogP contribution is -2.39. The number of ether oxygens (including phenoxy) is 1. The van der Waals surface area contributed by atoms with Crippen molar-refractivity contribution < 1.29 is 13.9 Å². The summed E-state index contributed by atoms with van der Waals surface area (Å²) < 4.78 is 14.2. The van der Waals surface area contributed by atoms with E-state index in [0.29, 0.717) is 36.3 Å². The number of hydrogen-bond acceptors (Lipinski definition) is 5. The maximum Gasteiger partial charge on any atom is 0.291 e. The van der Waals surface area contributed by atoms with Gasteiger partial charge in [0.05, 0.1) is 17.9 Å². The van der Waals surface area contributed by atoms with Crippen LogP contribution in [0.1, 0.15) is 51.5 Å². The number of carbonyl (C=O) groups excluding carboxylic acids is 1. The van der Waals surface area contributed by atoms with E-state index < -0.39 is 6.04 Å². The predicted octanol–water partition coefficient (Wildman–Crippen LogP) is 3.86. The Morgan fingerprint density at radius 3 is 2.56 bits per heavy atom. The molecule has 0 aliphatic heterocycles. The highest BCUT2D eigenvalue weighted by molar-refractivity contribution is 5.83. The number of hydrogen-bond donors (Lipinski definition) is 1. The largest absolute Gasteiger partial charge is 0.491 e. The van der Waals surface area contributed by atoms with Gasteiger partial charge in [-0.15, -0.1) is 0 Å². The Hall–Kier alpha value is -3.55. The number of carbonyl (C=O) groups is 1. The molecule has 8 nitrogen and oxygen atoms in total. The normalized spacial score (nSPS) is 12.5. The number of amides is 1. The highest BCUT2D eigenvalue weighted by atomic mass is 16.5. The highest BCUT2D eigenvalue weighted by Gasteiger charge is 2.24. The monoisotopic (exact) mass is 436 g/mol. The van der Waals surface area contributed by atoms with Gasteiger partial charge in [-0.2, -0.15) is 5.10 Å². The van der Waals surface area contributed by atoms with Crippen LogP contribution in [-0.4, -0.2) is 26.2 Å². The van der Waals surface area contributed by atoms with E-state index in [2.05, 4.69) is 10.4 Å². The molecule has 168 valence electrons. The molecular weight excluding hydrogens is 408 g/mol. The van der Waals surface area contributed by atoms with Gasteiger partial charge >= 0.3 is 0 Å². The maximum absolute atomic E-state index is 13.2. The van der Waals surface area contributed by atoms with Crippen molar-refractivity contribution in [2.24, 2.45) is 0 Å². The molecule has 0 aliphatic carbocycles. The van der Waals surface area contributed by atoms with E-state index in [1.165, 1.54) is 4.68 Å². The van der Waals surface area contributed by atoms with Gasteiger partial charge in [0.2, 0.25) is 5.91 Å². The first-order valence-electron chi connectivity index (χ1n) is 11.0. The molecule has 4 rings (SSSR count). The smallest absolute Gasteiger partial charge is 0.291 e. The van der Waals surface area contributed by atoms with Gasteiger partial charge in [0, 0.05) is 25.1 Å². The molecule has 1 unspecified atom stereocenters. The molecule has 1 atom stereocenters. The number of nitrogens with one attached hydrogen (secondary N) is 1. The quantitative estimate of drug-likeness (QED) is 0.453. The van der Waals surface area contributed by atoms with Gasteiger partial charge in [-0.05, 0) is 38.0 Å². The number of fused-ring (bicyclic) bond motifs is 3. The van der Waals surface area contributed by atoms with Crippen molar-refractivity contribution in [1.29, 1.82) is 0 Å². The molecule has 32 heavy (non-hydrogen) atoms. The van der Waals surface area contributed by atoms with Gasteiger partial charge in [0.1, 0.15) is 23.1 Å². The number of furan rings is 1. The Bertz CT molecular complexity index is 1300. The number of aromatic nitrogens is 3. The molecule has 0 saturated carbocycles. The third-order valence-corrected chi connectivity index (χ3v) is 5.39. The SMILES string of the molecule is CCc1nn(C(CC)C(=O)NCc2ccc(OC(C)C)cc2)c(=O)c2cc3occc3n12. The molecule has 4 aromatic rings. The molecular formula is C24H28N4O4. The van der Waals surface area contributed by atoms with Crippen LogP contribution in [0.15, 0.2) is 51.9 Å². The highest BCUT2D eigenvalue weighted by Crippen LogP contribution is 2.21. The molecule has 3 aromatic heterocycles. The summed E-state index contributed by atoms with van der Waals surface area (Å²) >= 11 is 0. The van der Waals surface area contributed by atoms with Gasteiger partial charge < -0.3 is 14.5 Å². The lowest BCUT2D eigenvalue weighted by molar-refractivity contribution is -0.125. The zero-order valence-electron chi connectivity index (χ0n) is 18.8. The van der Waals surface area contributed by atoms with E-state index in [4.69, 9.17) is 9.15 Å². The zero-order valence-corrected chi connectivity index (χ0v) is 18.8. The molecule has 0 aliphatic rings. The molecule has 3 heterocycles. The van der Waals surface area contributed by atoms with Crippen molar-refractivity contribution in [3.63, 3.8) is 0 Å². The van der Waals surface area contributed by atoms with Crippen LogP contribution >= 0.6 is 0 Å². The summed E-state index contributed by atoms with van der Waals surface area (Å²) in [5.74, 6) is 1.24. The fourth-order valence-corrected chi connectivity index (χ4v) is 3.87. The Morgan fingerprint density at radius 1 is 1.16 bits per heavy atom. The minimum atomic E-state index is -0.706. The predicted molar refractivity (Wildman–Crippen MR) is 122 cm³/mol. The number of nitrogens with zero attached hydrogens (tertiary/aromatic N) is 3. The summed E-state index contributed by atoms with van der Waals surface area (Å²) in [6, 6.07) is 10.4. The van der Waals surface area contributed by atoms with Crippen molar-refractivity contribution in [1.82, 2.24) is 19.5 Å². The first-order valence-corrected chi connectivity index (χ1v) is 11.0. The van der Waals surface area contributed by atoms with Crippen LogP contribution in [0.3, 0.4) is 0 Å². The second kappa shape index (κ2) is 8.90. The van der Waals surface area contributed by atoms with Gasteiger partial charge in [0.25, 0.3) is 5.56 Å². The minimum absolute atomic E-state index is 0.103. The fourth-order valence-electron chi connectivity index (χ4n) is 3.87. The van der Waals surface area contributed by atoms with Gasteiger partial charge in [-0.1, -0.05) is 26.0 Å². The van der Waals surface area contributed by atoms with Crippen molar-refractivity contribution >= 4 is 22.5 Å². The molecule has 1 aromatic carbocycles. The average Bonchev–Trinajstić information content (AvgIpc) is 3.37. The van der Waals surface area contributed by atoms with Crippen LogP contribution in [0, 0.1) is 0 Å². The third kappa shape index (κ3) is 4.00. The third-order valence-electron chi connectivity index (χ3n) is 5.39. The van der Waals surface area contributed by atoms with E-state index in [1.54, 1.807) is 12.3 Å². The summed E-state index contributed by atoms with van der Waals surface area (Å²) in [6.07, 6.45) is 2.74. The lowest BCUT2D eigenvalue weighted by Gasteiger charge is -2.18. The molecule has 0 spiro atoms. The number of aryl methyl sites for hydroxylation is 1. The Balaban J connectivity index is 1.58. The Kier molecular flexibility index (Phi) is 6.03. The summed E-state index contributed by atoms with van der Waals surface area (Å²) in [6.45, 7) is 8.14. The van der Waals surface area contributed by atoms with Crippen molar-refractivity contribution in [2.75, 3.05) is 0 Å². The van der Waals surface area contributed by atoms with E-state index in [0.717, 1.165) is 16.8 Å². The second-order valence-electron chi connectivity index (χ2n) is 8.01. The van der Waals surface area contributed by atoms with Crippen LogP contribution < -0.4 is 15.6 Å². The molecule has 0 fully saturated rings. The Morgan fingerprint density at radius 2 is 1.91 bits per heavy atom. The summed E-state index contributed by atoms with van der Waals surface area (Å²) in [5.41, 5.74) is 2.51. The van der Waals surface area contributed by atoms with Gasteiger partial charge in [-0.25, -0.2) is 4.68 Å². The van der Waals surface area contributed by atoms with E-state index in [9.17, 15) is 9.59 Å². The van der Waals surface area contributed by atoms with Crippen LogP contribution in [-0.2, 0) is 17.8 Å². The number of benzene rings is 1. The lowest BCUT2D eigenvalue weighted by atomic mass is 10.2. The average molecular weight is 437 g/mol. The van der Waals surface area contributed by atoms with Gasteiger partial charge in [-0.3, -0.25) is 14.0 Å². The van der Waals surface area contributed by atoms with Crippen molar-refractivity contribution in [3.8, 4) is 5.75 Å². The Labute approximate surface area is 185 Å². The summed E-state index contributed by atoms with van der Waals surface area (Å²) in [5, 5.41) is 7.49. The molecule has 1 amide bonds. The number of rotatable bonds is 8. The zero-order chi connectivity index (χ0) is 22.8. The van der Waals surface area contributed by atoms with Crippen LogP contribution in [0.2, 0.25) is 0 Å². The van der Waals surface area contributed by atoms with Crippen LogP contribution in [0.5, 0.6) is 5.75 Å². The summed E-state index contributed by atoms with van der Waals surface area (Å²) in [4.78, 5) is 26.2. The maximum atomic E-state index is 13.2. The molecule has 0 radical (unpaired) electrons. The first-order chi connectivity index (χ1) is 15.4. The summed E-state index contributed by atoms with van der Waals surface area (Å²) in [7, 11) is 0. The van der Waals surface area contributed by atoms with E-state index in [-0.39, 0.29) is 17.6 Å². The van der Waals surface area contributed by atoms with E-state index in [1.807, 2.05) is 62.4 Å². The molecule has 0 saturated heterocycles. The molecule has 8 heteroatoms. The van der Waals surface area contributed by atoms with Crippen molar-refractivity contribution in [2.45, 2.75) is 59.2 Å².